The van der Waals surface area contributed by atoms with Crippen molar-refractivity contribution < 1.29 is 1.43 Å². The number of hydrogen-bond acceptors (Lipinski definition) is 3. The van der Waals surface area contributed by atoms with Gasteiger partial charge in [-0.05, 0) is 19.1 Å². The SMILES string of the molecule is C=CC=NC1=CC2NC(C)=NC2C=C1.[HH]. The average Bonchev–Trinajstić information content (AvgIpc) is 2.54. The summed E-state index contributed by atoms with van der Waals surface area (Å²) in [6.07, 6.45) is 9.52. The van der Waals surface area contributed by atoms with Crippen LogP contribution in [0.25, 0.3) is 0 Å². The van der Waals surface area contributed by atoms with Crippen molar-refractivity contribution in [1.29, 1.82) is 0 Å². The van der Waals surface area contributed by atoms with Gasteiger partial charge in [0, 0.05) is 7.64 Å². The van der Waals surface area contributed by atoms with Crippen LogP contribution >= 0.6 is 0 Å². The Balaban J connectivity index is 0.00000112. The highest BCUT2D eigenvalue weighted by molar-refractivity contribution is 5.83. The molecular formula is C11H15N3. The molecule has 14 heavy (non-hydrogen) atoms. The summed E-state index contributed by atoms with van der Waals surface area (Å²) in [7, 11) is 0. The second-order valence-electron chi connectivity index (χ2n) is 3.34. The van der Waals surface area contributed by atoms with Crippen LogP contribution in [0.4, 0.5) is 0 Å². The summed E-state index contributed by atoms with van der Waals surface area (Å²) >= 11 is 0. The molecule has 0 saturated heterocycles. The van der Waals surface area contributed by atoms with Gasteiger partial charge in [-0.1, -0.05) is 18.7 Å². The van der Waals surface area contributed by atoms with Crippen LogP contribution in [0, 0.1) is 0 Å². The van der Waals surface area contributed by atoms with E-state index in [-0.39, 0.29) is 13.5 Å². The molecule has 1 aliphatic heterocycles. The zero-order valence-corrected chi connectivity index (χ0v) is 8.14. The van der Waals surface area contributed by atoms with E-state index >= 15 is 0 Å². The van der Waals surface area contributed by atoms with Crippen molar-refractivity contribution in [3.05, 3.63) is 36.6 Å². The molecule has 0 bridgehead atoms. The van der Waals surface area contributed by atoms with E-state index in [0.29, 0.717) is 0 Å². The zero-order chi connectivity index (χ0) is 9.97. The molecule has 0 saturated carbocycles. The molecule has 1 N–H and O–H groups in total. The number of allylic oxidation sites excluding steroid dienone is 2. The van der Waals surface area contributed by atoms with Gasteiger partial charge in [0.15, 0.2) is 0 Å². The lowest BCUT2D eigenvalue weighted by atomic mass is 10.0. The molecule has 1 aliphatic carbocycles. The first kappa shape index (κ1) is 8.94. The van der Waals surface area contributed by atoms with E-state index < -0.39 is 0 Å². The maximum absolute atomic E-state index is 4.43. The standard InChI is InChI=1S/C11H13N3.H2/c1-3-6-12-9-4-5-10-11(7-9)14-8(2)13-10;/h3-7,10-11H,1H2,2H3,(H,13,14);1H. The summed E-state index contributed by atoms with van der Waals surface area (Å²) in [5.41, 5.74) is 0.962. The highest BCUT2D eigenvalue weighted by atomic mass is 15.1. The van der Waals surface area contributed by atoms with Crippen LogP contribution in [0.5, 0.6) is 0 Å². The molecule has 2 aliphatic rings. The normalized spacial score (nSPS) is 29.5. The van der Waals surface area contributed by atoms with Gasteiger partial charge in [0.25, 0.3) is 0 Å². The summed E-state index contributed by atoms with van der Waals surface area (Å²) < 4.78 is 0. The summed E-state index contributed by atoms with van der Waals surface area (Å²) in [4.78, 5) is 8.65. The molecule has 74 valence electrons. The number of amidine groups is 1. The van der Waals surface area contributed by atoms with Crippen LogP contribution in [-0.4, -0.2) is 24.1 Å². The molecule has 2 atom stereocenters. The Morgan fingerprint density at radius 1 is 1.71 bits per heavy atom. The van der Waals surface area contributed by atoms with Crippen LogP contribution < -0.4 is 5.32 Å². The van der Waals surface area contributed by atoms with Gasteiger partial charge in [0.2, 0.25) is 0 Å². The van der Waals surface area contributed by atoms with Crippen molar-refractivity contribution >= 4 is 12.1 Å². The molecule has 0 aromatic heterocycles. The molecule has 0 radical (unpaired) electrons. The molecule has 0 fully saturated rings. The van der Waals surface area contributed by atoms with Gasteiger partial charge in [-0.2, -0.15) is 0 Å². The fraction of sp³-hybridized carbons (Fsp3) is 0.273. The highest BCUT2D eigenvalue weighted by Crippen LogP contribution is 2.18. The minimum Gasteiger partial charge on any atom is -0.365 e. The molecular weight excluding hydrogens is 174 g/mol. The van der Waals surface area contributed by atoms with Crippen LogP contribution in [-0.2, 0) is 0 Å². The summed E-state index contributed by atoms with van der Waals surface area (Å²) in [6.45, 7) is 5.56. The summed E-state index contributed by atoms with van der Waals surface area (Å²) in [6, 6.07) is 0.523. The smallest absolute Gasteiger partial charge is 0.0945 e. The number of hydrogen-bond donors (Lipinski definition) is 1. The lowest BCUT2D eigenvalue weighted by molar-refractivity contribution is 0.688. The Hall–Kier alpha value is -1.64. The number of nitrogens with zero attached hydrogens (tertiary/aromatic N) is 2. The Morgan fingerprint density at radius 2 is 2.57 bits per heavy atom. The van der Waals surface area contributed by atoms with Crippen LogP contribution in [0.2, 0.25) is 0 Å². The van der Waals surface area contributed by atoms with Crippen LogP contribution in [0.15, 0.2) is 46.6 Å². The van der Waals surface area contributed by atoms with Gasteiger partial charge in [-0.15, -0.1) is 0 Å². The maximum atomic E-state index is 4.43. The third-order valence-electron chi connectivity index (χ3n) is 2.23. The molecule has 0 aromatic carbocycles. The first-order valence-corrected chi connectivity index (χ1v) is 4.65. The fourth-order valence-corrected chi connectivity index (χ4v) is 1.63. The van der Waals surface area contributed by atoms with E-state index in [1.165, 1.54) is 0 Å². The fourth-order valence-electron chi connectivity index (χ4n) is 1.63. The third-order valence-corrected chi connectivity index (χ3v) is 2.23. The number of aliphatic imine (C=N–C) groups is 2. The van der Waals surface area contributed by atoms with Crippen molar-refractivity contribution in [2.24, 2.45) is 9.98 Å². The summed E-state index contributed by atoms with van der Waals surface area (Å²) in [5, 5.41) is 3.28. The van der Waals surface area contributed by atoms with E-state index in [2.05, 4.69) is 34.0 Å². The van der Waals surface area contributed by atoms with E-state index in [9.17, 15) is 0 Å². The third kappa shape index (κ3) is 1.66. The Labute approximate surface area is 85.1 Å². The van der Waals surface area contributed by atoms with Gasteiger partial charge in [0.1, 0.15) is 0 Å². The van der Waals surface area contributed by atoms with Crippen LogP contribution in [0.1, 0.15) is 8.35 Å². The minimum atomic E-state index is 0. The van der Waals surface area contributed by atoms with Crippen LogP contribution in [0.3, 0.4) is 0 Å². The molecule has 0 spiro atoms. The Bertz CT molecular complexity index is 366. The molecule has 1 heterocycles. The second kappa shape index (κ2) is 3.62. The monoisotopic (exact) mass is 189 g/mol. The number of nitrogens with one attached hydrogen (secondary N) is 1. The van der Waals surface area contributed by atoms with Gasteiger partial charge in [0.05, 0.1) is 23.6 Å². The first-order valence-electron chi connectivity index (χ1n) is 4.65. The minimum absolute atomic E-state index is 0. The van der Waals surface area contributed by atoms with E-state index in [4.69, 9.17) is 0 Å². The molecule has 2 unspecified atom stereocenters. The highest BCUT2D eigenvalue weighted by Gasteiger charge is 2.25. The van der Waals surface area contributed by atoms with Crippen molar-refractivity contribution in [1.82, 2.24) is 5.32 Å². The largest absolute Gasteiger partial charge is 0.365 e. The molecule has 2 rings (SSSR count). The summed E-state index contributed by atoms with van der Waals surface area (Å²) in [5.74, 6) is 0.995. The molecule has 0 amide bonds. The Morgan fingerprint density at radius 3 is 3.36 bits per heavy atom. The molecule has 3 heteroatoms. The van der Waals surface area contributed by atoms with Crippen molar-refractivity contribution in [3.8, 4) is 0 Å². The van der Waals surface area contributed by atoms with Gasteiger partial charge < -0.3 is 5.32 Å². The van der Waals surface area contributed by atoms with E-state index in [1.807, 2.05) is 13.0 Å². The lowest BCUT2D eigenvalue weighted by Gasteiger charge is -2.15. The van der Waals surface area contributed by atoms with Gasteiger partial charge >= 0.3 is 0 Å². The van der Waals surface area contributed by atoms with E-state index in [1.54, 1.807) is 12.3 Å². The topological polar surface area (TPSA) is 36.8 Å². The predicted octanol–water partition coefficient (Wildman–Crippen LogP) is 1.70. The lowest BCUT2D eigenvalue weighted by Crippen LogP contribution is -2.32. The quantitative estimate of drug-likeness (QED) is 0.659. The number of rotatable bonds is 2. The maximum Gasteiger partial charge on any atom is 0.0945 e. The average molecular weight is 189 g/mol. The number of fused-ring (bicyclic) bond motifs is 1. The van der Waals surface area contributed by atoms with Gasteiger partial charge in [-0.3, -0.25) is 9.98 Å². The van der Waals surface area contributed by atoms with Gasteiger partial charge in [-0.25, -0.2) is 0 Å². The van der Waals surface area contributed by atoms with E-state index in [0.717, 1.165) is 11.5 Å². The van der Waals surface area contributed by atoms with Crippen molar-refractivity contribution in [2.75, 3.05) is 0 Å². The van der Waals surface area contributed by atoms with Crippen molar-refractivity contribution in [2.45, 2.75) is 19.0 Å². The molecule has 3 nitrogen and oxygen atoms in total. The zero-order valence-electron chi connectivity index (χ0n) is 8.14. The predicted molar refractivity (Wildman–Crippen MR) is 61.8 cm³/mol. The van der Waals surface area contributed by atoms with Crippen molar-refractivity contribution in [3.63, 3.8) is 0 Å². The second-order valence-corrected chi connectivity index (χ2v) is 3.34. The Kier molecular flexibility index (Phi) is 2.31. The first-order chi connectivity index (χ1) is 6.79. The molecule has 0 aromatic rings.